The first-order chi connectivity index (χ1) is 9.70. The van der Waals surface area contributed by atoms with Gasteiger partial charge in [0.2, 0.25) is 0 Å². The van der Waals surface area contributed by atoms with Gasteiger partial charge in [0.15, 0.2) is 0 Å². The zero-order valence-corrected chi connectivity index (χ0v) is 12.4. The van der Waals surface area contributed by atoms with Crippen LogP contribution in [0, 0.1) is 0 Å². The molecule has 1 aliphatic rings. The highest BCUT2D eigenvalue weighted by Gasteiger charge is 2.28. The molecule has 0 bridgehead atoms. The predicted molar refractivity (Wildman–Crippen MR) is 79.0 cm³/mol. The molecule has 20 heavy (non-hydrogen) atoms. The lowest BCUT2D eigenvalue weighted by Crippen LogP contribution is -2.27. The Labute approximate surface area is 121 Å². The van der Waals surface area contributed by atoms with E-state index in [1.165, 1.54) is 18.9 Å². The molecular formula is C17H24O3. The fraction of sp³-hybridized carbons (Fsp3) is 0.588. The van der Waals surface area contributed by atoms with Gasteiger partial charge in [0.1, 0.15) is 11.9 Å². The van der Waals surface area contributed by atoms with Crippen molar-refractivity contribution in [3.05, 3.63) is 29.8 Å². The monoisotopic (exact) mass is 276 g/mol. The van der Waals surface area contributed by atoms with Gasteiger partial charge in [-0.2, -0.15) is 0 Å². The summed E-state index contributed by atoms with van der Waals surface area (Å²) >= 11 is 0. The molecule has 1 fully saturated rings. The van der Waals surface area contributed by atoms with Gasteiger partial charge >= 0.3 is 5.97 Å². The van der Waals surface area contributed by atoms with Crippen LogP contribution in [0.2, 0.25) is 0 Å². The van der Waals surface area contributed by atoms with E-state index in [1.54, 1.807) is 0 Å². The second-order valence-electron chi connectivity index (χ2n) is 5.46. The highest BCUT2D eigenvalue weighted by Crippen LogP contribution is 2.35. The summed E-state index contributed by atoms with van der Waals surface area (Å²) in [5.41, 5.74) is 1.25. The molecule has 3 heteroatoms. The van der Waals surface area contributed by atoms with Crippen molar-refractivity contribution in [2.24, 2.45) is 0 Å². The molecule has 0 spiro atoms. The molecule has 0 aromatic heterocycles. The average molecular weight is 276 g/mol. The lowest BCUT2D eigenvalue weighted by Gasteiger charge is -2.31. The van der Waals surface area contributed by atoms with Gasteiger partial charge in [-0.3, -0.25) is 4.79 Å². The van der Waals surface area contributed by atoms with Crippen LogP contribution in [0.3, 0.4) is 0 Å². The van der Waals surface area contributed by atoms with Crippen LogP contribution in [-0.4, -0.2) is 18.7 Å². The lowest BCUT2D eigenvalue weighted by molar-refractivity contribution is -0.148. The van der Waals surface area contributed by atoms with Gasteiger partial charge < -0.3 is 9.47 Å². The van der Waals surface area contributed by atoms with Crippen LogP contribution in [-0.2, 0) is 9.53 Å². The van der Waals surface area contributed by atoms with Crippen molar-refractivity contribution in [3.63, 3.8) is 0 Å². The summed E-state index contributed by atoms with van der Waals surface area (Å²) in [5.74, 6) is 1.06. The van der Waals surface area contributed by atoms with E-state index in [1.807, 2.05) is 12.1 Å². The lowest BCUT2D eigenvalue weighted by atomic mass is 9.81. The van der Waals surface area contributed by atoms with Crippen LogP contribution in [0.1, 0.15) is 57.4 Å². The van der Waals surface area contributed by atoms with Crippen molar-refractivity contribution < 1.29 is 14.3 Å². The van der Waals surface area contributed by atoms with Gasteiger partial charge in [-0.1, -0.05) is 25.5 Å². The van der Waals surface area contributed by atoms with Crippen molar-refractivity contribution in [2.45, 2.75) is 58.0 Å². The van der Waals surface area contributed by atoms with Crippen LogP contribution in [0.4, 0.5) is 0 Å². The molecular weight excluding hydrogens is 252 g/mol. The first-order valence-electron chi connectivity index (χ1n) is 7.60. The largest absolute Gasteiger partial charge is 0.494 e. The smallest absolute Gasteiger partial charge is 0.302 e. The summed E-state index contributed by atoms with van der Waals surface area (Å²) in [4.78, 5) is 11.2. The minimum absolute atomic E-state index is 0.0312. The second kappa shape index (κ2) is 7.32. The summed E-state index contributed by atoms with van der Waals surface area (Å²) < 4.78 is 11.1. The highest BCUT2D eigenvalue weighted by atomic mass is 16.5. The summed E-state index contributed by atoms with van der Waals surface area (Å²) in [7, 11) is 0. The summed E-state index contributed by atoms with van der Waals surface area (Å²) in [6, 6.07) is 8.25. The quantitative estimate of drug-likeness (QED) is 0.761. The van der Waals surface area contributed by atoms with Gasteiger partial charge in [0.25, 0.3) is 0 Å². The van der Waals surface area contributed by atoms with Crippen molar-refractivity contribution in [3.8, 4) is 5.75 Å². The molecule has 3 nitrogen and oxygen atoms in total. The second-order valence-corrected chi connectivity index (χ2v) is 5.46. The Morgan fingerprint density at radius 1 is 1.20 bits per heavy atom. The van der Waals surface area contributed by atoms with E-state index in [4.69, 9.17) is 9.47 Å². The van der Waals surface area contributed by atoms with E-state index in [-0.39, 0.29) is 12.1 Å². The van der Waals surface area contributed by atoms with Crippen molar-refractivity contribution in [1.29, 1.82) is 0 Å². The Morgan fingerprint density at radius 2 is 1.90 bits per heavy atom. The van der Waals surface area contributed by atoms with Crippen molar-refractivity contribution in [2.75, 3.05) is 6.61 Å². The average Bonchev–Trinajstić information content (AvgIpc) is 2.46. The van der Waals surface area contributed by atoms with Crippen LogP contribution < -0.4 is 4.74 Å². The Kier molecular flexibility index (Phi) is 5.45. The standard InChI is InChI=1S/C17H24O3/c1-3-12-19-15-10-8-14(9-11-15)16-6-4-5-7-17(16)20-13(2)18/h8-11,16-17H,3-7,12H2,1-2H3. The van der Waals surface area contributed by atoms with Crippen LogP contribution >= 0.6 is 0 Å². The fourth-order valence-electron chi connectivity index (χ4n) is 2.86. The van der Waals surface area contributed by atoms with E-state index < -0.39 is 0 Å². The molecule has 2 rings (SSSR count). The molecule has 110 valence electrons. The van der Waals surface area contributed by atoms with Gasteiger partial charge in [-0.25, -0.2) is 0 Å². The molecule has 0 saturated heterocycles. The minimum Gasteiger partial charge on any atom is -0.494 e. The summed E-state index contributed by atoms with van der Waals surface area (Å²) in [5, 5.41) is 0. The maximum atomic E-state index is 11.2. The maximum absolute atomic E-state index is 11.2. The number of ether oxygens (including phenoxy) is 2. The van der Waals surface area contributed by atoms with Crippen molar-refractivity contribution >= 4 is 5.97 Å². The molecule has 1 aromatic rings. The third-order valence-corrected chi connectivity index (χ3v) is 3.80. The van der Waals surface area contributed by atoms with E-state index >= 15 is 0 Å². The zero-order chi connectivity index (χ0) is 14.4. The van der Waals surface area contributed by atoms with Gasteiger partial charge in [-0.05, 0) is 43.4 Å². The van der Waals surface area contributed by atoms with E-state index in [2.05, 4.69) is 19.1 Å². The molecule has 0 heterocycles. The molecule has 0 radical (unpaired) electrons. The maximum Gasteiger partial charge on any atom is 0.302 e. The molecule has 0 N–H and O–H groups in total. The topological polar surface area (TPSA) is 35.5 Å². The molecule has 2 unspecified atom stereocenters. The first-order valence-corrected chi connectivity index (χ1v) is 7.60. The van der Waals surface area contributed by atoms with Gasteiger partial charge in [-0.15, -0.1) is 0 Å². The zero-order valence-electron chi connectivity index (χ0n) is 12.4. The third kappa shape index (κ3) is 3.99. The van der Waals surface area contributed by atoms with Gasteiger partial charge in [0, 0.05) is 12.8 Å². The number of hydrogen-bond acceptors (Lipinski definition) is 3. The van der Waals surface area contributed by atoms with E-state index in [0.29, 0.717) is 5.92 Å². The third-order valence-electron chi connectivity index (χ3n) is 3.80. The SMILES string of the molecule is CCCOc1ccc(C2CCCCC2OC(C)=O)cc1. The fourth-order valence-corrected chi connectivity index (χ4v) is 2.86. The van der Waals surface area contributed by atoms with E-state index in [0.717, 1.165) is 38.0 Å². The Balaban J connectivity index is 2.05. The van der Waals surface area contributed by atoms with E-state index in [9.17, 15) is 4.79 Å². The van der Waals surface area contributed by atoms with Gasteiger partial charge in [0.05, 0.1) is 6.61 Å². The Morgan fingerprint density at radius 3 is 2.55 bits per heavy atom. The first kappa shape index (κ1) is 14.9. The molecule has 1 aromatic carbocycles. The normalized spacial score (nSPS) is 22.3. The minimum atomic E-state index is -0.176. The molecule has 0 amide bonds. The predicted octanol–water partition coefficient (Wildman–Crippen LogP) is 4.06. The number of carbonyl (C=O) groups is 1. The summed E-state index contributed by atoms with van der Waals surface area (Å²) in [6.07, 6.45) is 5.45. The Hall–Kier alpha value is -1.51. The van der Waals surface area contributed by atoms with Crippen LogP contribution in [0.25, 0.3) is 0 Å². The van der Waals surface area contributed by atoms with Crippen molar-refractivity contribution in [1.82, 2.24) is 0 Å². The molecule has 1 saturated carbocycles. The summed E-state index contributed by atoms with van der Waals surface area (Å²) in [6.45, 7) is 4.34. The van der Waals surface area contributed by atoms with Crippen LogP contribution in [0.15, 0.2) is 24.3 Å². The van der Waals surface area contributed by atoms with Crippen LogP contribution in [0.5, 0.6) is 5.75 Å². The molecule has 1 aliphatic carbocycles. The Bertz CT molecular complexity index is 424. The number of rotatable bonds is 5. The number of carbonyl (C=O) groups excluding carboxylic acids is 1. The highest BCUT2D eigenvalue weighted by molar-refractivity contribution is 5.66. The molecule has 0 aliphatic heterocycles. The number of hydrogen-bond donors (Lipinski definition) is 0. The number of esters is 1. The number of benzene rings is 1. The molecule has 2 atom stereocenters.